The summed E-state index contributed by atoms with van der Waals surface area (Å²) in [6, 6.07) is 20.5. The van der Waals surface area contributed by atoms with E-state index in [1.54, 1.807) is 36.4 Å². The fourth-order valence-corrected chi connectivity index (χ4v) is 3.22. The molecule has 5 nitrogen and oxygen atoms in total. The Morgan fingerprint density at radius 3 is 2.08 bits per heavy atom. The minimum atomic E-state index is -3.95. The van der Waals surface area contributed by atoms with E-state index in [9.17, 15) is 13.2 Å². The van der Waals surface area contributed by atoms with E-state index < -0.39 is 10.1 Å². The second kappa shape index (κ2) is 7.59. The molecule has 0 atom stereocenters. The van der Waals surface area contributed by atoms with Crippen LogP contribution in [0.2, 0.25) is 5.02 Å². The van der Waals surface area contributed by atoms with Crippen molar-refractivity contribution in [2.45, 2.75) is 4.90 Å². The average Bonchev–Trinajstić information content (AvgIpc) is 2.64. The maximum absolute atomic E-state index is 12.2. The average molecular weight is 388 g/mol. The highest BCUT2D eigenvalue weighted by atomic mass is 35.5. The molecule has 0 spiro atoms. The second-order valence-corrected chi connectivity index (χ2v) is 7.32. The van der Waals surface area contributed by atoms with Crippen molar-refractivity contribution in [1.29, 1.82) is 0 Å². The largest absolute Gasteiger partial charge is 0.379 e. The zero-order valence-corrected chi connectivity index (χ0v) is 15.0. The first kappa shape index (κ1) is 18.0. The Hall–Kier alpha value is -2.83. The lowest BCUT2D eigenvalue weighted by atomic mass is 10.2. The van der Waals surface area contributed by atoms with E-state index in [0.29, 0.717) is 16.3 Å². The van der Waals surface area contributed by atoms with Crippen LogP contribution in [-0.2, 0) is 10.1 Å². The summed E-state index contributed by atoms with van der Waals surface area (Å²) in [7, 11) is -3.95. The SMILES string of the molecule is O=C(Nc1ccc(OS(=O)(=O)c2ccc(Cl)cc2)cc1)c1ccccc1. The van der Waals surface area contributed by atoms with Gasteiger partial charge in [-0.25, -0.2) is 0 Å². The van der Waals surface area contributed by atoms with Crippen molar-refractivity contribution in [2.75, 3.05) is 5.32 Å². The minimum Gasteiger partial charge on any atom is -0.379 e. The molecule has 0 bridgehead atoms. The third kappa shape index (κ3) is 4.41. The van der Waals surface area contributed by atoms with Crippen LogP contribution in [0.3, 0.4) is 0 Å². The van der Waals surface area contributed by atoms with Gasteiger partial charge in [-0.15, -0.1) is 0 Å². The Labute approximate surface area is 156 Å². The first-order valence-electron chi connectivity index (χ1n) is 7.60. The lowest BCUT2D eigenvalue weighted by Crippen LogP contribution is -2.12. The molecule has 0 aliphatic rings. The molecule has 0 aliphatic heterocycles. The van der Waals surface area contributed by atoms with Gasteiger partial charge in [0, 0.05) is 16.3 Å². The van der Waals surface area contributed by atoms with Crippen molar-refractivity contribution in [3.05, 3.63) is 89.4 Å². The Morgan fingerprint density at radius 1 is 0.846 bits per heavy atom. The number of anilines is 1. The molecule has 0 heterocycles. The summed E-state index contributed by atoms with van der Waals surface area (Å²) in [5.41, 5.74) is 1.05. The molecule has 3 aromatic carbocycles. The zero-order valence-electron chi connectivity index (χ0n) is 13.4. The van der Waals surface area contributed by atoms with Gasteiger partial charge < -0.3 is 9.50 Å². The van der Waals surface area contributed by atoms with Crippen LogP contribution >= 0.6 is 11.6 Å². The minimum absolute atomic E-state index is 0.00311. The predicted octanol–water partition coefficient (Wildman–Crippen LogP) is 4.36. The number of hydrogen-bond acceptors (Lipinski definition) is 4. The van der Waals surface area contributed by atoms with Gasteiger partial charge in [-0.05, 0) is 60.7 Å². The molecule has 1 N–H and O–H groups in total. The molecule has 0 aromatic heterocycles. The van der Waals surface area contributed by atoms with E-state index in [4.69, 9.17) is 15.8 Å². The van der Waals surface area contributed by atoms with E-state index in [0.717, 1.165) is 0 Å². The molecule has 0 radical (unpaired) electrons. The molecule has 26 heavy (non-hydrogen) atoms. The smallest absolute Gasteiger partial charge is 0.339 e. The molecule has 132 valence electrons. The second-order valence-electron chi connectivity index (χ2n) is 5.34. The Balaban J connectivity index is 1.69. The number of hydrogen-bond donors (Lipinski definition) is 1. The molecule has 3 rings (SSSR count). The summed E-state index contributed by atoms with van der Waals surface area (Å²) in [6.07, 6.45) is 0. The quantitative estimate of drug-likeness (QED) is 0.660. The van der Waals surface area contributed by atoms with Crippen LogP contribution in [0.1, 0.15) is 10.4 Å². The van der Waals surface area contributed by atoms with Gasteiger partial charge in [-0.1, -0.05) is 29.8 Å². The van der Waals surface area contributed by atoms with E-state index >= 15 is 0 Å². The molecular weight excluding hydrogens is 374 g/mol. The summed E-state index contributed by atoms with van der Waals surface area (Å²) in [5.74, 6) is -0.120. The number of carbonyl (C=O) groups excluding carboxylic acids is 1. The number of amides is 1. The van der Waals surface area contributed by atoms with Crippen LogP contribution in [0.5, 0.6) is 5.75 Å². The van der Waals surface area contributed by atoms with Gasteiger partial charge in [-0.3, -0.25) is 4.79 Å². The van der Waals surface area contributed by atoms with Crippen molar-refractivity contribution in [2.24, 2.45) is 0 Å². The van der Waals surface area contributed by atoms with Crippen molar-refractivity contribution in [3.8, 4) is 5.75 Å². The molecule has 0 saturated heterocycles. The van der Waals surface area contributed by atoms with Gasteiger partial charge in [0.1, 0.15) is 10.6 Å². The molecular formula is C19H14ClNO4S. The van der Waals surface area contributed by atoms with Crippen molar-refractivity contribution < 1.29 is 17.4 Å². The summed E-state index contributed by atoms with van der Waals surface area (Å²) in [5, 5.41) is 3.16. The van der Waals surface area contributed by atoms with E-state index in [-0.39, 0.29) is 16.6 Å². The van der Waals surface area contributed by atoms with Crippen LogP contribution in [0.25, 0.3) is 0 Å². The number of carbonyl (C=O) groups is 1. The normalized spacial score (nSPS) is 11.0. The summed E-state index contributed by atoms with van der Waals surface area (Å²) in [6.45, 7) is 0. The maximum atomic E-state index is 12.2. The molecule has 7 heteroatoms. The third-order valence-electron chi connectivity index (χ3n) is 3.46. The summed E-state index contributed by atoms with van der Waals surface area (Å²) in [4.78, 5) is 12.1. The lowest BCUT2D eigenvalue weighted by Gasteiger charge is -2.09. The highest BCUT2D eigenvalue weighted by molar-refractivity contribution is 7.87. The molecule has 0 saturated carbocycles. The van der Waals surface area contributed by atoms with E-state index in [2.05, 4.69) is 5.32 Å². The molecule has 0 aliphatic carbocycles. The van der Waals surface area contributed by atoms with E-state index in [1.807, 2.05) is 6.07 Å². The third-order valence-corrected chi connectivity index (χ3v) is 4.97. The maximum Gasteiger partial charge on any atom is 0.339 e. The first-order valence-corrected chi connectivity index (χ1v) is 9.39. The van der Waals surface area contributed by atoms with Crippen LogP contribution in [0.15, 0.2) is 83.8 Å². The number of rotatable bonds is 5. The van der Waals surface area contributed by atoms with Gasteiger partial charge >= 0.3 is 10.1 Å². The van der Waals surface area contributed by atoms with Crippen molar-refractivity contribution in [3.63, 3.8) is 0 Å². The molecule has 3 aromatic rings. The Morgan fingerprint density at radius 2 is 1.46 bits per heavy atom. The standard InChI is InChI=1S/C19H14ClNO4S/c20-15-6-12-18(13-7-15)26(23,24)25-17-10-8-16(9-11-17)21-19(22)14-4-2-1-3-5-14/h1-13H,(H,21,22). The van der Waals surface area contributed by atoms with Crippen molar-refractivity contribution >= 4 is 33.3 Å². The topological polar surface area (TPSA) is 72.5 Å². The monoisotopic (exact) mass is 387 g/mol. The Kier molecular flexibility index (Phi) is 5.25. The number of nitrogens with one attached hydrogen (secondary N) is 1. The van der Waals surface area contributed by atoms with Crippen LogP contribution < -0.4 is 9.50 Å². The van der Waals surface area contributed by atoms with Crippen LogP contribution in [-0.4, -0.2) is 14.3 Å². The highest BCUT2D eigenvalue weighted by Gasteiger charge is 2.16. The predicted molar refractivity (Wildman–Crippen MR) is 100 cm³/mol. The zero-order chi connectivity index (χ0) is 18.6. The van der Waals surface area contributed by atoms with Crippen LogP contribution in [0.4, 0.5) is 5.69 Å². The number of halogens is 1. The van der Waals surface area contributed by atoms with Gasteiger partial charge in [0.15, 0.2) is 0 Å². The van der Waals surface area contributed by atoms with Gasteiger partial charge in [0.05, 0.1) is 0 Å². The van der Waals surface area contributed by atoms with Gasteiger partial charge in [-0.2, -0.15) is 8.42 Å². The molecule has 1 amide bonds. The lowest BCUT2D eigenvalue weighted by molar-refractivity contribution is 0.102. The highest BCUT2D eigenvalue weighted by Crippen LogP contribution is 2.22. The van der Waals surface area contributed by atoms with Gasteiger partial charge in [0.2, 0.25) is 0 Å². The fourth-order valence-electron chi connectivity index (χ4n) is 2.16. The van der Waals surface area contributed by atoms with Crippen LogP contribution in [0, 0.1) is 0 Å². The molecule has 0 unspecified atom stereocenters. The first-order chi connectivity index (χ1) is 12.4. The summed E-state index contributed by atoms with van der Waals surface area (Å²) < 4.78 is 29.5. The Bertz CT molecular complexity index is 1000. The van der Waals surface area contributed by atoms with Gasteiger partial charge in [0.25, 0.3) is 5.91 Å². The van der Waals surface area contributed by atoms with E-state index in [1.165, 1.54) is 36.4 Å². The fraction of sp³-hybridized carbons (Fsp3) is 0. The summed E-state index contributed by atoms with van der Waals surface area (Å²) >= 11 is 5.76. The molecule has 0 fully saturated rings. The number of benzene rings is 3. The van der Waals surface area contributed by atoms with Crippen molar-refractivity contribution in [1.82, 2.24) is 0 Å².